The summed E-state index contributed by atoms with van der Waals surface area (Å²) in [5.74, 6) is 0.557. The maximum Gasteiger partial charge on any atom is 0.233 e. The van der Waals surface area contributed by atoms with Gasteiger partial charge in [0.05, 0.1) is 11.1 Å². The number of hydrogen-bond donors (Lipinski definition) is 2. The zero-order valence-electron chi connectivity index (χ0n) is 28.6. The molecule has 0 saturated carbocycles. The highest BCUT2D eigenvalue weighted by atomic mass is 16.2. The van der Waals surface area contributed by atoms with Gasteiger partial charge >= 0.3 is 0 Å². The highest BCUT2D eigenvalue weighted by Crippen LogP contribution is 2.42. The number of benzene rings is 2. The number of aromatic amines is 1. The molecule has 7 heteroatoms. The first-order valence-corrected chi connectivity index (χ1v) is 17.5. The lowest BCUT2D eigenvalue weighted by Crippen LogP contribution is -2.45. The number of nitrogens with zero attached hydrogens (tertiary/aromatic N) is 4. The van der Waals surface area contributed by atoms with Crippen LogP contribution in [0.25, 0.3) is 33.3 Å². The number of H-pyrrole nitrogens is 1. The van der Waals surface area contributed by atoms with Crippen LogP contribution in [0, 0.1) is 13.8 Å². The fourth-order valence-electron chi connectivity index (χ4n) is 8.19. The molecule has 5 heterocycles. The average Bonchev–Trinajstić information content (AvgIpc) is 3.78. The summed E-state index contributed by atoms with van der Waals surface area (Å²) in [6, 6.07) is 16.4. The van der Waals surface area contributed by atoms with Gasteiger partial charge < -0.3 is 15.2 Å². The van der Waals surface area contributed by atoms with E-state index in [0.717, 1.165) is 74.6 Å². The van der Waals surface area contributed by atoms with Crippen LogP contribution in [0.4, 0.5) is 0 Å². The van der Waals surface area contributed by atoms with Crippen LogP contribution in [0.2, 0.25) is 0 Å². The van der Waals surface area contributed by atoms with Crippen LogP contribution in [-0.2, 0) is 16.6 Å². The molecule has 1 atom stereocenters. The van der Waals surface area contributed by atoms with E-state index in [1.165, 1.54) is 38.9 Å². The molecule has 1 amide bonds. The smallest absolute Gasteiger partial charge is 0.233 e. The van der Waals surface area contributed by atoms with E-state index in [-0.39, 0.29) is 11.8 Å². The Labute approximate surface area is 278 Å². The molecule has 7 nitrogen and oxygen atoms in total. The van der Waals surface area contributed by atoms with Gasteiger partial charge in [-0.05, 0) is 138 Å². The molecular weight excluding hydrogens is 580 g/mol. The summed E-state index contributed by atoms with van der Waals surface area (Å²) in [5.41, 5.74) is 10.7. The number of aryl methyl sites for hydroxylation is 3. The topological polar surface area (TPSA) is 86.8 Å². The van der Waals surface area contributed by atoms with Gasteiger partial charge in [0.2, 0.25) is 5.91 Å². The molecule has 2 N–H and O–H groups in total. The number of hydrogen-bond acceptors (Lipinski definition) is 5. The fourth-order valence-corrected chi connectivity index (χ4v) is 8.19. The third kappa shape index (κ3) is 6.18. The van der Waals surface area contributed by atoms with Crippen molar-refractivity contribution in [1.82, 2.24) is 30.2 Å². The molecule has 47 heavy (non-hydrogen) atoms. The molecule has 5 aromatic rings. The third-order valence-electron chi connectivity index (χ3n) is 10.7. The highest BCUT2D eigenvalue weighted by molar-refractivity contribution is 5.95. The van der Waals surface area contributed by atoms with Crippen molar-refractivity contribution in [2.24, 2.45) is 0 Å². The molecule has 7 rings (SSSR count). The lowest BCUT2D eigenvalue weighted by molar-refractivity contribution is -0.137. The van der Waals surface area contributed by atoms with Crippen molar-refractivity contribution in [3.05, 3.63) is 88.9 Å². The van der Waals surface area contributed by atoms with Gasteiger partial charge in [-0.15, -0.1) is 0 Å². The lowest BCUT2D eigenvalue weighted by Gasteiger charge is -2.33. The maximum atomic E-state index is 14.1. The predicted octanol–water partition coefficient (Wildman–Crippen LogP) is 7.94. The molecule has 0 unspecified atom stereocenters. The van der Waals surface area contributed by atoms with E-state index in [1.807, 2.05) is 6.20 Å². The van der Waals surface area contributed by atoms with Gasteiger partial charge in [-0.25, -0.2) is 9.97 Å². The minimum atomic E-state index is -0.581. The van der Waals surface area contributed by atoms with Crippen molar-refractivity contribution < 1.29 is 4.79 Å². The zero-order chi connectivity index (χ0) is 32.7. The van der Waals surface area contributed by atoms with Gasteiger partial charge in [0.1, 0.15) is 5.52 Å². The summed E-state index contributed by atoms with van der Waals surface area (Å²) in [6.07, 6.45) is 13.1. The molecule has 2 aliphatic rings. The van der Waals surface area contributed by atoms with Crippen molar-refractivity contribution in [3.63, 3.8) is 0 Å². The SMILES string of the molecule is Cc1cc(C)cc(-c2[nH]c3ccc(C(C)(C)C(=O)N4C5CCC4CC5)cc3c2[C@H](C)CNCCCCc2cnc3nccnc3c2)c1. The minimum Gasteiger partial charge on any atom is -0.354 e. The predicted molar refractivity (Wildman–Crippen MR) is 191 cm³/mol. The Hall–Kier alpha value is -4.10. The van der Waals surface area contributed by atoms with Gasteiger partial charge in [-0.2, -0.15) is 0 Å². The molecule has 2 bridgehead atoms. The summed E-state index contributed by atoms with van der Waals surface area (Å²) in [7, 11) is 0. The fraction of sp³-hybridized carbons (Fsp3) is 0.450. The first-order valence-electron chi connectivity index (χ1n) is 17.5. The second-order valence-electron chi connectivity index (χ2n) is 14.7. The first-order chi connectivity index (χ1) is 22.7. The van der Waals surface area contributed by atoms with Crippen LogP contribution in [0.3, 0.4) is 0 Å². The number of aromatic nitrogens is 4. The van der Waals surface area contributed by atoms with Crippen molar-refractivity contribution >= 4 is 28.0 Å². The lowest BCUT2D eigenvalue weighted by atomic mass is 9.81. The molecular formula is C40H48N6O. The Balaban J connectivity index is 1.10. The number of nitrogens with one attached hydrogen (secondary N) is 2. The van der Waals surface area contributed by atoms with E-state index >= 15 is 0 Å². The molecule has 0 aliphatic carbocycles. The van der Waals surface area contributed by atoms with Gasteiger partial charge in [-0.3, -0.25) is 9.78 Å². The monoisotopic (exact) mass is 628 g/mol. The van der Waals surface area contributed by atoms with Crippen molar-refractivity contribution in [2.45, 2.75) is 103 Å². The molecule has 2 fully saturated rings. The van der Waals surface area contributed by atoms with Crippen molar-refractivity contribution in [2.75, 3.05) is 13.1 Å². The number of carbonyl (C=O) groups excluding carboxylic acids is 1. The Kier molecular flexibility index (Phi) is 8.60. The van der Waals surface area contributed by atoms with Crippen molar-refractivity contribution in [1.29, 1.82) is 0 Å². The van der Waals surface area contributed by atoms with Gasteiger partial charge in [0.25, 0.3) is 0 Å². The first kappa shape index (κ1) is 31.5. The second-order valence-corrected chi connectivity index (χ2v) is 14.7. The standard InChI is InChI=1S/C40H48N6O/c1-25-18-26(2)20-29(19-25)37-36(27(3)23-41-15-7-6-8-28-21-35-38(44-24-28)43-17-16-42-35)33-22-30(9-14-34(33)45-37)40(4,5)39(47)46-31-10-11-32(46)13-12-31/h9,14,16-22,24,27,31-32,41,45H,6-8,10-13,15,23H2,1-5H3/t27-,31?,32?/m1/s1. The van der Waals surface area contributed by atoms with Crippen LogP contribution in [0.5, 0.6) is 0 Å². The largest absolute Gasteiger partial charge is 0.354 e. The summed E-state index contributed by atoms with van der Waals surface area (Å²) < 4.78 is 0. The van der Waals surface area contributed by atoms with Gasteiger partial charge in [-0.1, -0.05) is 30.2 Å². The molecule has 0 spiro atoms. The van der Waals surface area contributed by atoms with Gasteiger partial charge in [0.15, 0.2) is 5.65 Å². The molecule has 2 aromatic carbocycles. The van der Waals surface area contributed by atoms with E-state index in [0.29, 0.717) is 17.7 Å². The number of fused-ring (bicyclic) bond motifs is 4. The second kappa shape index (κ2) is 12.8. The van der Waals surface area contributed by atoms with Gasteiger partial charge in [0, 0.05) is 48.1 Å². The van der Waals surface area contributed by atoms with Crippen LogP contribution >= 0.6 is 0 Å². The van der Waals surface area contributed by atoms with E-state index in [9.17, 15) is 4.79 Å². The van der Waals surface area contributed by atoms with Crippen LogP contribution in [-0.4, -0.2) is 55.9 Å². The summed E-state index contributed by atoms with van der Waals surface area (Å²) in [6.45, 7) is 12.7. The summed E-state index contributed by atoms with van der Waals surface area (Å²) >= 11 is 0. The number of amides is 1. The normalized spacial score (nSPS) is 18.4. The summed E-state index contributed by atoms with van der Waals surface area (Å²) in [4.78, 5) is 33.2. The Morgan fingerprint density at radius 1 is 0.957 bits per heavy atom. The number of pyridine rings is 1. The molecule has 2 aliphatic heterocycles. The number of unbranched alkanes of at least 4 members (excludes halogenated alkanes) is 1. The van der Waals surface area contributed by atoms with Crippen LogP contribution in [0.15, 0.2) is 61.1 Å². The van der Waals surface area contributed by atoms with Crippen LogP contribution < -0.4 is 5.32 Å². The van der Waals surface area contributed by atoms with E-state index in [1.54, 1.807) is 12.4 Å². The van der Waals surface area contributed by atoms with E-state index in [4.69, 9.17) is 0 Å². The number of rotatable bonds is 11. The maximum absolute atomic E-state index is 14.1. The van der Waals surface area contributed by atoms with Crippen LogP contribution in [0.1, 0.15) is 93.0 Å². The minimum absolute atomic E-state index is 0.270. The molecule has 3 aromatic heterocycles. The average molecular weight is 629 g/mol. The van der Waals surface area contributed by atoms with E-state index < -0.39 is 5.41 Å². The number of carbonyl (C=O) groups is 1. The molecule has 0 radical (unpaired) electrons. The zero-order valence-corrected chi connectivity index (χ0v) is 28.6. The Bertz CT molecular complexity index is 1890. The van der Waals surface area contributed by atoms with E-state index in [2.05, 4.69) is 107 Å². The Morgan fingerprint density at radius 3 is 2.43 bits per heavy atom. The highest BCUT2D eigenvalue weighted by Gasteiger charge is 2.47. The van der Waals surface area contributed by atoms with Crippen molar-refractivity contribution in [3.8, 4) is 11.3 Å². The summed E-state index contributed by atoms with van der Waals surface area (Å²) in [5, 5.41) is 4.98. The third-order valence-corrected chi connectivity index (χ3v) is 10.7. The Morgan fingerprint density at radius 2 is 1.68 bits per heavy atom. The quantitative estimate of drug-likeness (QED) is 0.145. The molecule has 2 saturated heterocycles. The molecule has 244 valence electrons.